The van der Waals surface area contributed by atoms with Crippen LogP contribution in [0.3, 0.4) is 0 Å². The Kier molecular flexibility index (Phi) is 24.6. The quantitative estimate of drug-likeness (QED) is 0.123. The molecule has 11 nitrogen and oxygen atoms in total. The van der Waals surface area contributed by atoms with Gasteiger partial charge in [0, 0.05) is 60.7 Å². The summed E-state index contributed by atoms with van der Waals surface area (Å²) in [5, 5.41) is 7.00. The van der Waals surface area contributed by atoms with Crippen molar-refractivity contribution in [1.82, 2.24) is 9.97 Å². The molecule has 45 heavy (non-hydrogen) atoms. The molecular weight excluding hydrogens is 607 g/mol. The molecular formula is C33H37KN2O9. The SMILES string of the molecule is CC(=O)c1cccnc1.CO.COc1ccc(/C=C/C(=O)c2cccnc2)c(OC)c1.COc1ccc(C=O)c(OC)c1.[K+].[OH-]. The van der Waals surface area contributed by atoms with Gasteiger partial charge in [0.25, 0.3) is 0 Å². The normalized spacial score (nSPS) is 9.04. The maximum atomic E-state index is 11.9. The van der Waals surface area contributed by atoms with Crippen LogP contribution in [-0.4, -0.2) is 74.0 Å². The van der Waals surface area contributed by atoms with Crippen LogP contribution in [0.15, 0.2) is 91.5 Å². The smallest absolute Gasteiger partial charge is 0.870 e. The van der Waals surface area contributed by atoms with Crippen LogP contribution in [0.1, 0.15) is 43.6 Å². The first-order valence-electron chi connectivity index (χ1n) is 12.7. The molecule has 0 spiro atoms. The van der Waals surface area contributed by atoms with Crippen LogP contribution in [0.25, 0.3) is 6.08 Å². The van der Waals surface area contributed by atoms with Gasteiger partial charge in [0.2, 0.25) is 0 Å². The second-order valence-electron chi connectivity index (χ2n) is 8.07. The number of nitrogens with zero attached hydrogens (tertiary/aromatic N) is 2. The van der Waals surface area contributed by atoms with E-state index < -0.39 is 0 Å². The number of hydrogen-bond donors (Lipinski definition) is 1. The summed E-state index contributed by atoms with van der Waals surface area (Å²) >= 11 is 0. The Hall–Kier alpha value is -3.75. The fourth-order valence-corrected chi connectivity index (χ4v) is 3.21. The van der Waals surface area contributed by atoms with E-state index in [4.69, 9.17) is 24.1 Å². The van der Waals surface area contributed by atoms with E-state index >= 15 is 0 Å². The number of ketones is 2. The van der Waals surface area contributed by atoms with E-state index in [1.807, 2.05) is 12.1 Å². The zero-order valence-corrected chi connectivity index (χ0v) is 29.6. The standard InChI is InChI=1S/C16H15NO3.C9H10O3.C7H7NO.CH4O.K.H2O/c1-19-14-7-5-12(16(10-14)20-2)6-8-15(18)13-4-3-9-17-11-13;1-11-8-4-3-7(6-10)9(5-8)12-2;1-6(9)7-3-2-4-8-5-7;1-2;;/h3-11H,1-2H3;3-6H,1-2H3;2-5H,1H3;2H,1H3;;1H2/q;;;;+1;/p-1/b8-6+;;;;;. The first kappa shape index (κ1) is 43.4. The molecule has 0 aliphatic carbocycles. The largest absolute Gasteiger partial charge is 1.00 e. The number of aromatic nitrogens is 2. The molecule has 0 unspecified atom stereocenters. The molecule has 0 saturated carbocycles. The van der Waals surface area contributed by atoms with Gasteiger partial charge in [-0.15, -0.1) is 0 Å². The molecule has 2 aromatic carbocycles. The number of aliphatic hydroxyl groups is 1. The van der Waals surface area contributed by atoms with Crippen LogP contribution < -0.4 is 70.3 Å². The monoisotopic (exact) mass is 644 g/mol. The van der Waals surface area contributed by atoms with Crippen molar-refractivity contribution in [3.05, 3.63) is 114 Å². The first-order valence-corrected chi connectivity index (χ1v) is 12.7. The molecule has 12 heteroatoms. The predicted octanol–water partition coefficient (Wildman–Crippen LogP) is 2.23. The van der Waals surface area contributed by atoms with Gasteiger partial charge in [-0.05, 0) is 67.6 Å². The van der Waals surface area contributed by atoms with Crippen molar-refractivity contribution < 1.29 is 95.3 Å². The fraction of sp³-hybridized carbons (Fsp3) is 0.182. The number of methoxy groups -OCH3 is 4. The van der Waals surface area contributed by atoms with Crippen LogP contribution in [0.2, 0.25) is 0 Å². The van der Waals surface area contributed by atoms with Gasteiger partial charge in [-0.2, -0.15) is 0 Å². The van der Waals surface area contributed by atoms with E-state index in [0.717, 1.165) is 19.0 Å². The number of carbonyl (C=O) groups excluding carboxylic acids is 3. The van der Waals surface area contributed by atoms with Gasteiger partial charge in [-0.3, -0.25) is 24.4 Å². The number of ether oxygens (including phenoxy) is 4. The second kappa shape index (κ2) is 25.6. The number of benzene rings is 2. The van der Waals surface area contributed by atoms with E-state index in [-0.39, 0.29) is 68.4 Å². The van der Waals surface area contributed by atoms with Crippen molar-refractivity contribution in [1.29, 1.82) is 0 Å². The number of aldehydes is 1. The van der Waals surface area contributed by atoms with Crippen molar-refractivity contribution in [2.24, 2.45) is 0 Å². The predicted molar refractivity (Wildman–Crippen MR) is 166 cm³/mol. The summed E-state index contributed by atoms with van der Waals surface area (Å²) in [6, 6.07) is 17.4. The molecule has 0 radical (unpaired) electrons. The molecule has 0 fully saturated rings. The van der Waals surface area contributed by atoms with E-state index in [0.29, 0.717) is 39.7 Å². The van der Waals surface area contributed by atoms with Gasteiger partial charge in [-0.1, -0.05) is 0 Å². The van der Waals surface area contributed by atoms with Crippen molar-refractivity contribution in [3.63, 3.8) is 0 Å². The van der Waals surface area contributed by atoms with Crippen LogP contribution in [0, 0.1) is 0 Å². The number of aliphatic hydroxyl groups excluding tert-OH is 1. The minimum Gasteiger partial charge on any atom is -0.870 e. The Morgan fingerprint density at radius 1 is 0.711 bits per heavy atom. The topological polar surface area (TPSA) is 164 Å². The van der Waals surface area contributed by atoms with E-state index in [1.165, 1.54) is 26.3 Å². The van der Waals surface area contributed by atoms with Crippen LogP contribution >= 0.6 is 0 Å². The van der Waals surface area contributed by atoms with Crippen LogP contribution in [0.4, 0.5) is 0 Å². The molecule has 234 valence electrons. The average molecular weight is 645 g/mol. The maximum Gasteiger partial charge on any atom is 1.00 e. The Bertz CT molecular complexity index is 1450. The summed E-state index contributed by atoms with van der Waals surface area (Å²) in [5.74, 6) is 2.53. The molecule has 2 aromatic heterocycles. The molecule has 4 rings (SSSR count). The number of allylic oxidation sites excluding steroid dienone is 1. The van der Waals surface area contributed by atoms with E-state index in [1.54, 1.807) is 94.5 Å². The third-order valence-electron chi connectivity index (χ3n) is 5.44. The number of hydrogen-bond acceptors (Lipinski definition) is 11. The summed E-state index contributed by atoms with van der Waals surface area (Å²) in [7, 11) is 7.25. The molecule has 0 atom stereocenters. The Morgan fingerprint density at radius 2 is 1.18 bits per heavy atom. The molecule has 0 bridgehead atoms. The van der Waals surface area contributed by atoms with Gasteiger partial charge in [0.15, 0.2) is 17.9 Å². The van der Waals surface area contributed by atoms with Crippen molar-refractivity contribution in [2.45, 2.75) is 6.92 Å². The number of carbonyl (C=O) groups is 3. The minimum atomic E-state index is -0.101. The summed E-state index contributed by atoms with van der Waals surface area (Å²) in [6.45, 7) is 1.52. The Balaban J connectivity index is 0. The van der Waals surface area contributed by atoms with Crippen molar-refractivity contribution in [3.8, 4) is 23.0 Å². The second-order valence-corrected chi connectivity index (χ2v) is 8.07. The summed E-state index contributed by atoms with van der Waals surface area (Å²) < 4.78 is 20.3. The zero-order chi connectivity index (χ0) is 32.0. The molecule has 2 N–H and O–H groups in total. The summed E-state index contributed by atoms with van der Waals surface area (Å²) in [6.07, 6.45) is 10.3. The maximum absolute atomic E-state index is 11.9. The molecule has 2 heterocycles. The Labute approximate surface area is 306 Å². The van der Waals surface area contributed by atoms with Crippen molar-refractivity contribution in [2.75, 3.05) is 35.5 Å². The number of pyridine rings is 2. The number of rotatable bonds is 9. The van der Waals surface area contributed by atoms with Crippen LogP contribution in [-0.2, 0) is 0 Å². The van der Waals surface area contributed by atoms with E-state index in [9.17, 15) is 14.4 Å². The molecule has 0 saturated heterocycles. The number of Topliss-reactive ketones (excluding diaryl/α,β-unsaturated/α-hetero) is 1. The Morgan fingerprint density at radius 3 is 1.56 bits per heavy atom. The van der Waals surface area contributed by atoms with E-state index in [2.05, 4.69) is 9.97 Å². The zero-order valence-electron chi connectivity index (χ0n) is 26.5. The molecule has 0 aliphatic heterocycles. The average Bonchev–Trinajstić information content (AvgIpc) is 3.08. The van der Waals surface area contributed by atoms with Gasteiger partial charge in [0.05, 0.1) is 34.0 Å². The fourth-order valence-electron chi connectivity index (χ4n) is 3.21. The molecule has 0 aliphatic rings. The van der Waals surface area contributed by atoms with Crippen molar-refractivity contribution >= 4 is 23.9 Å². The van der Waals surface area contributed by atoms with Crippen LogP contribution in [0.5, 0.6) is 23.0 Å². The third kappa shape index (κ3) is 15.7. The summed E-state index contributed by atoms with van der Waals surface area (Å²) in [4.78, 5) is 40.7. The molecule has 4 aromatic rings. The van der Waals surface area contributed by atoms with Gasteiger partial charge >= 0.3 is 51.4 Å². The minimum absolute atomic E-state index is 0. The first-order chi connectivity index (χ1) is 20.9. The molecule has 0 amide bonds. The third-order valence-corrected chi connectivity index (χ3v) is 5.44. The van der Waals surface area contributed by atoms with Gasteiger partial charge in [-0.25, -0.2) is 0 Å². The van der Waals surface area contributed by atoms with Gasteiger partial charge in [0.1, 0.15) is 23.0 Å². The summed E-state index contributed by atoms with van der Waals surface area (Å²) in [5.41, 5.74) is 2.55. The van der Waals surface area contributed by atoms with Gasteiger partial charge < -0.3 is 29.5 Å².